The lowest BCUT2D eigenvalue weighted by Gasteiger charge is -2.11. The van der Waals surface area contributed by atoms with Crippen molar-refractivity contribution in [1.29, 1.82) is 0 Å². The second-order valence-corrected chi connectivity index (χ2v) is 4.45. The molecule has 0 aliphatic carbocycles. The second-order valence-electron chi connectivity index (χ2n) is 4.01. The fourth-order valence-corrected chi connectivity index (χ4v) is 1.80. The van der Waals surface area contributed by atoms with Gasteiger partial charge in [0, 0.05) is 30.1 Å². The number of nitrogens with zero attached hydrogens (tertiary/aromatic N) is 1. The van der Waals surface area contributed by atoms with Crippen molar-refractivity contribution in [1.82, 2.24) is 4.98 Å². The molecule has 0 aliphatic rings. The first-order valence-corrected chi connectivity index (χ1v) is 6.21. The monoisotopic (exact) mass is 273 g/mol. The fraction of sp³-hybridized carbons (Fsp3) is 0.143. The molecule has 0 bridgehead atoms. The number of para-hydroxylation sites is 1. The Balaban J connectivity index is 2.19. The lowest BCUT2D eigenvalue weighted by atomic mass is 10.2. The van der Waals surface area contributed by atoms with E-state index in [0.717, 1.165) is 22.6 Å². The Morgan fingerprint density at radius 1 is 1.32 bits per heavy atom. The highest BCUT2D eigenvalue weighted by atomic mass is 32.1. The largest absolute Gasteiger partial charge is 0.389 e. The van der Waals surface area contributed by atoms with E-state index in [-0.39, 0.29) is 0 Å². The minimum atomic E-state index is 0.346. The van der Waals surface area contributed by atoms with Crippen LogP contribution in [-0.4, -0.2) is 17.1 Å². The molecule has 98 valence electrons. The predicted molar refractivity (Wildman–Crippen MR) is 80.6 cm³/mol. The van der Waals surface area contributed by atoms with Crippen LogP contribution in [0.4, 0.5) is 11.5 Å². The standard InChI is InChI=1S/C14H15N3OS/c1-18-9-11-4-2-3-5-12(11)17-13-7-6-10(8-16-13)14(15)19/h2-8H,9H2,1H3,(H2,15,19)(H,16,17). The number of aromatic nitrogens is 1. The average molecular weight is 273 g/mol. The third-order valence-corrected chi connectivity index (χ3v) is 2.86. The third kappa shape index (κ3) is 3.49. The third-order valence-electron chi connectivity index (χ3n) is 2.63. The van der Waals surface area contributed by atoms with Crippen molar-refractivity contribution in [3.05, 3.63) is 53.7 Å². The number of ether oxygens (including phenoxy) is 1. The van der Waals surface area contributed by atoms with Crippen LogP contribution in [0.2, 0.25) is 0 Å². The number of benzene rings is 1. The van der Waals surface area contributed by atoms with Gasteiger partial charge in [0.15, 0.2) is 0 Å². The maximum atomic E-state index is 5.53. The SMILES string of the molecule is COCc1ccccc1Nc1ccc(C(N)=S)cn1. The summed E-state index contributed by atoms with van der Waals surface area (Å²) in [7, 11) is 1.67. The summed E-state index contributed by atoms with van der Waals surface area (Å²) in [5, 5.41) is 3.25. The molecular formula is C14H15N3OS. The zero-order valence-corrected chi connectivity index (χ0v) is 11.4. The maximum absolute atomic E-state index is 5.53. The molecule has 0 aliphatic heterocycles. The molecule has 3 N–H and O–H groups in total. The van der Waals surface area contributed by atoms with Gasteiger partial charge < -0.3 is 15.8 Å². The molecule has 0 saturated carbocycles. The summed E-state index contributed by atoms with van der Waals surface area (Å²) < 4.78 is 5.16. The van der Waals surface area contributed by atoms with E-state index in [1.54, 1.807) is 13.3 Å². The molecule has 2 rings (SSSR count). The van der Waals surface area contributed by atoms with E-state index in [2.05, 4.69) is 10.3 Å². The Morgan fingerprint density at radius 2 is 2.11 bits per heavy atom. The molecule has 2 aromatic rings. The van der Waals surface area contributed by atoms with Gasteiger partial charge in [-0.25, -0.2) is 4.98 Å². The van der Waals surface area contributed by atoms with Gasteiger partial charge in [-0.2, -0.15) is 0 Å². The molecule has 0 unspecified atom stereocenters. The first-order valence-electron chi connectivity index (χ1n) is 5.80. The van der Waals surface area contributed by atoms with Gasteiger partial charge >= 0.3 is 0 Å². The lowest BCUT2D eigenvalue weighted by molar-refractivity contribution is 0.185. The lowest BCUT2D eigenvalue weighted by Crippen LogP contribution is -2.09. The van der Waals surface area contributed by atoms with Crippen LogP contribution in [0.1, 0.15) is 11.1 Å². The quantitative estimate of drug-likeness (QED) is 0.820. The van der Waals surface area contributed by atoms with Gasteiger partial charge in [-0.15, -0.1) is 0 Å². The molecule has 0 amide bonds. The molecule has 0 radical (unpaired) electrons. The van der Waals surface area contributed by atoms with Crippen LogP contribution in [-0.2, 0) is 11.3 Å². The number of nitrogens with two attached hydrogens (primary N) is 1. The van der Waals surface area contributed by atoms with E-state index in [0.29, 0.717) is 11.6 Å². The summed E-state index contributed by atoms with van der Waals surface area (Å²) in [6.45, 7) is 0.550. The van der Waals surface area contributed by atoms with E-state index in [9.17, 15) is 0 Å². The van der Waals surface area contributed by atoms with E-state index in [4.69, 9.17) is 22.7 Å². The topological polar surface area (TPSA) is 60.2 Å². The number of methoxy groups -OCH3 is 1. The van der Waals surface area contributed by atoms with Crippen molar-refractivity contribution in [2.75, 3.05) is 12.4 Å². The summed E-state index contributed by atoms with van der Waals surface area (Å²) in [6.07, 6.45) is 1.66. The van der Waals surface area contributed by atoms with Crippen molar-refractivity contribution >= 4 is 28.7 Å². The van der Waals surface area contributed by atoms with Crippen LogP contribution < -0.4 is 11.1 Å². The number of anilines is 2. The van der Waals surface area contributed by atoms with Crippen molar-refractivity contribution < 1.29 is 4.74 Å². The van der Waals surface area contributed by atoms with E-state index >= 15 is 0 Å². The highest BCUT2D eigenvalue weighted by molar-refractivity contribution is 7.80. The van der Waals surface area contributed by atoms with Crippen molar-refractivity contribution in [2.24, 2.45) is 5.73 Å². The van der Waals surface area contributed by atoms with Crippen LogP contribution in [0, 0.1) is 0 Å². The van der Waals surface area contributed by atoms with Gasteiger partial charge in [-0.3, -0.25) is 0 Å². The highest BCUT2D eigenvalue weighted by Crippen LogP contribution is 2.20. The van der Waals surface area contributed by atoms with Gasteiger partial charge in [-0.05, 0) is 18.2 Å². The van der Waals surface area contributed by atoms with Gasteiger partial charge in [0.25, 0.3) is 0 Å². The Morgan fingerprint density at radius 3 is 2.74 bits per heavy atom. The summed E-state index contributed by atoms with van der Waals surface area (Å²) in [5.41, 5.74) is 8.34. The van der Waals surface area contributed by atoms with Gasteiger partial charge in [0.2, 0.25) is 0 Å². The van der Waals surface area contributed by atoms with Gasteiger partial charge in [0.05, 0.1) is 6.61 Å². The molecule has 1 aromatic carbocycles. The zero-order valence-electron chi connectivity index (χ0n) is 10.6. The predicted octanol–water partition coefficient (Wildman–Crippen LogP) is 2.61. The summed E-state index contributed by atoms with van der Waals surface area (Å²) in [4.78, 5) is 4.62. The molecule has 1 aromatic heterocycles. The van der Waals surface area contributed by atoms with E-state index in [1.165, 1.54) is 0 Å². The molecule has 0 saturated heterocycles. The van der Waals surface area contributed by atoms with Crippen LogP contribution >= 0.6 is 12.2 Å². The molecule has 1 heterocycles. The summed E-state index contributed by atoms with van der Waals surface area (Å²) in [6, 6.07) is 11.6. The average Bonchev–Trinajstić information content (AvgIpc) is 2.42. The van der Waals surface area contributed by atoms with E-state index < -0.39 is 0 Å². The number of rotatable bonds is 5. The van der Waals surface area contributed by atoms with Crippen molar-refractivity contribution in [3.63, 3.8) is 0 Å². The Labute approximate surface area is 117 Å². The molecular weight excluding hydrogens is 258 g/mol. The second kappa shape index (κ2) is 6.26. The Bertz CT molecular complexity index is 569. The smallest absolute Gasteiger partial charge is 0.130 e. The fourth-order valence-electron chi connectivity index (χ4n) is 1.68. The van der Waals surface area contributed by atoms with E-state index in [1.807, 2.05) is 36.4 Å². The summed E-state index contributed by atoms with van der Waals surface area (Å²) >= 11 is 4.89. The Hall–Kier alpha value is -1.98. The van der Waals surface area contributed by atoms with Crippen LogP contribution in [0.25, 0.3) is 0 Å². The molecule has 0 spiro atoms. The number of nitrogens with one attached hydrogen (secondary N) is 1. The minimum absolute atomic E-state index is 0.346. The number of pyridine rings is 1. The number of hydrogen-bond donors (Lipinski definition) is 2. The summed E-state index contributed by atoms with van der Waals surface area (Å²) in [5.74, 6) is 0.739. The molecule has 0 fully saturated rings. The molecule has 19 heavy (non-hydrogen) atoms. The van der Waals surface area contributed by atoms with Gasteiger partial charge in [-0.1, -0.05) is 30.4 Å². The molecule has 0 atom stereocenters. The van der Waals surface area contributed by atoms with Gasteiger partial charge in [0.1, 0.15) is 10.8 Å². The minimum Gasteiger partial charge on any atom is -0.389 e. The highest BCUT2D eigenvalue weighted by Gasteiger charge is 2.03. The zero-order chi connectivity index (χ0) is 13.7. The number of hydrogen-bond acceptors (Lipinski definition) is 4. The molecule has 4 nitrogen and oxygen atoms in total. The van der Waals surface area contributed by atoms with Crippen LogP contribution in [0.15, 0.2) is 42.6 Å². The van der Waals surface area contributed by atoms with Crippen molar-refractivity contribution in [3.8, 4) is 0 Å². The van der Waals surface area contributed by atoms with Crippen molar-refractivity contribution in [2.45, 2.75) is 6.61 Å². The molecule has 5 heteroatoms. The Kier molecular flexibility index (Phi) is 4.43. The van der Waals surface area contributed by atoms with Crippen LogP contribution in [0.5, 0.6) is 0 Å². The number of thiocarbonyl (C=S) groups is 1. The first-order chi connectivity index (χ1) is 9.20. The van der Waals surface area contributed by atoms with Crippen LogP contribution in [0.3, 0.4) is 0 Å². The normalized spacial score (nSPS) is 10.2. The first kappa shape index (κ1) is 13.5. The maximum Gasteiger partial charge on any atom is 0.130 e.